The Bertz CT molecular complexity index is 352. The van der Waals surface area contributed by atoms with Gasteiger partial charge in [-0.3, -0.25) is 0 Å². The molecule has 88 valence electrons. The summed E-state index contributed by atoms with van der Waals surface area (Å²) in [5, 5.41) is 8.79. The van der Waals surface area contributed by atoms with E-state index in [1.807, 2.05) is 0 Å². The molecule has 0 bridgehead atoms. The van der Waals surface area contributed by atoms with Gasteiger partial charge in [0.05, 0.1) is 12.2 Å². The average molecular weight is 223 g/mol. The molecule has 4 nitrogen and oxygen atoms in total. The first-order chi connectivity index (χ1) is 7.63. The van der Waals surface area contributed by atoms with Gasteiger partial charge in [-0.2, -0.15) is 0 Å². The number of aromatic carboxylic acids is 1. The first kappa shape index (κ1) is 12.5. The van der Waals surface area contributed by atoms with Crippen LogP contribution in [0.15, 0.2) is 18.3 Å². The summed E-state index contributed by atoms with van der Waals surface area (Å²) in [6.45, 7) is 4.80. The number of ether oxygens (including phenoxy) is 1. The lowest BCUT2D eigenvalue weighted by Crippen LogP contribution is -2.09. The molecule has 0 aliphatic rings. The predicted molar refractivity (Wildman–Crippen MR) is 60.8 cm³/mol. The maximum Gasteiger partial charge on any atom is 0.335 e. The number of hydrogen-bond acceptors (Lipinski definition) is 3. The molecule has 0 amide bonds. The molecule has 4 heteroatoms. The van der Waals surface area contributed by atoms with E-state index in [1.54, 1.807) is 0 Å². The van der Waals surface area contributed by atoms with Gasteiger partial charge in [-0.25, -0.2) is 9.78 Å². The monoisotopic (exact) mass is 223 g/mol. The molecule has 0 aliphatic carbocycles. The first-order valence-electron chi connectivity index (χ1n) is 5.45. The maximum atomic E-state index is 10.7. The molecule has 0 aromatic carbocycles. The molecule has 0 aliphatic heterocycles. The lowest BCUT2D eigenvalue weighted by molar-refractivity contribution is 0.0696. The van der Waals surface area contributed by atoms with E-state index in [0.717, 1.165) is 12.8 Å². The SMILES string of the molecule is CCCC(C)COc1cc(C(=O)O)ccn1. The Kier molecular flexibility index (Phi) is 4.76. The zero-order valence-electron chi connectivity index (χ0n) is 9.64. The maximum absolute atomic E-state index is 10.7. The first-order valence-corrected chi connectivity index (χ1v) is 5.45. The van der Waals surface area contributed by atoms with Crippen LogP contribution in [0.3, 0.4) is 0 Å². The van der Waals surface area contributed by atoms with Gasteiger partial charge >= 0.3 is 5.97 Å². The Morgan fingerprint density at radius 3 is 3.00 bits per heavy atom. The van der Waals surface area contributed by atoms with E-state index in [2.05, 4.69) is 18.8 Å². The largest absolute Gasteiger partial charge is 0.478 e. The summed E-state index contributed by atoms with van der Waals surface area (Å²) in [5.74, 6) is -0.128. The van der Waals surface area contributed by atoms with Crippen LogP contribution in [0.2, 0.25) is 0 Å². The lowest BCUT2D eigenvalue weighted by Gasteiger charge is -2.11. The van der Waals surface area contributed by atoms with Crippen LogP contribution in [-0.4, -0.2) is 22.7 Å². The van der Waals surface area contributed by atoms with Crippen LogP contribution in [0.5, 0.6) is 5.88 Å². The molecule has 0 spiro atoms. The number of pyridine rings is 1. The molecular weight excluding hydrogens is 206 g/mol. The molecule has 1 unspecified atom stereocenters. The minimum atomic E-state index is -0.964. The third kappa shape index (κ3) is 3.88. The normalized spacial score (nSPS) is 12.1. The molecule has 1 rings (SSSR count). The van der Waals surface area contributed by atoms with Gasteiger partial charge in [0.25, 0.3) is 0 Å². The summed E-state index contributed by atoms with van der Waals surface area (Å²) in [6.07, 6.45) is 3.66. The minimum Gasteiger partial charge on any atom is -0.478 e. The van der Waals surface area contributed by atoms with E-state index in [0.29, 0.717) is 18.4 Å². The Morgan fingerprint density at radius 2 is 2.38 bits per heavy atom. The van der Waals surface area contributed by atoms with Crippen molar-refractivity contribution in [2.45, 2.75) is 26.7 Å². The van der Waals surface area contributed by atoms with E-state index in [4.69, 9.17) is 9.84 Å². The zero-order chi connectivity index (χ0) is 12.0. The Balaban J connectivity index is 2.54. The van der Waals surface area contributed by atoms with Crippen molar-refractivity contribution in [2.75, 3.05) is 6.61 Å². The summed E-state index contributed by atoms with van der Waals surface area (Å²) in [6, 6.07) is 2.89. The molecule has 1 heterocycles. The fourth-order valence-corrected chi connectivity index (χ4v) is 1.43. The van der Waals surface area contributed by atoms with Crippen molar-refractivity contribution in [3.8, 4) is 5.88 Å². The van der Waals surface area contributed by atoms with Crippen molar-refractivity contribution in [1.29, 1.82) is 0 Å². The Hall–Kier alpha value is -1.58. The van der Waals surface area contributed by atoms with Gasteiger partial charge in [0, 0.05) is 12.3 Å². The van der Waals surface area contributed by atoms with Crippen molar-refractivity contribution in [3.05, 3.63) is 23.9 Å². The lowest BCUT2D eigenvalue weighted by atomic mass is 10.1. The van der Waals surface area contributed by atoms with Crippen LogP contribution in [-0.2, 0) is 0 Å². The Morgan fingerprint density at radius 1 is 1.62 bits per heavy atom. The highest BCUT2D eigenvalue weighted by Gasteiger charge is 2.06. The number of carbonyl (C=O) groups is 1. The topological polar surface area (TPSA) is 59.4 Å². The summed E-state index contributed by atoms with van der Waals surface area (Å²) < 4.78 is 5.44. The highest BCUT2D eigenvalue weighted by atomic mass is 16.5. The van der Waals surface area contributed by atoms with E-state index in [1.165, 1.54) is 18.3 Å². The quantitative estimate of drug-likeness (QED) is 0.805. The van der Waals surface area contributed by atoms with Gasteiger partial charge < -0.3 is 9.84 Å². The second-order valence-electron chi connectivity index (χ2n) is 3.89. The van der Waals surface area contributed by atoms with E-state index >= 15 is 0 Å². The van der Waals surface area contributed by atoms with Crippen LogP contribution < -0.4 is 4.74 Å². The second kappa shape index (κ2) is 6.10. The van der Waals surface area contributed by atoms with Crippen LogP contribution in [0, 0.1) is 5.92 Å². The summed E-state index contributed by atoms with van der Waals surface area (Å²) in [5.41, 5.74) is 0.202. The molecule has 0 fully saturated rings. The zero-order valence-corrected chi connectivity index (χ0v) is 9.64. The molecule has 16 heavy (non-hydrogen) atoms. The number of carboxylic acids is 1. The highest BCUT2D eigenvalue weighted by molar-refractivity contribution is 5.87. The standard InChI is InChI=1S/C12H17NO3/c1-3-4-9(2)8-16-11-7-10(12(14)15)5-6-13-11/h5-7,9H,3-4,8H2,1-2H3,(H,14,15). The predicted octanol–water partition coefficient (Wildman–Crippen LogP) is 2.59. The van der Waals surface area contributed by atoms with E-state index < -0.39 is 5.97 Å². The fraction of sp³-hybridized carbons (Fsp3) is 0.500. The van der Waals surface area contributed by atoms with Gasteiger partial charge in [-0.1, -0.05) is 20.3 Å². The van der Waals surface area contributed by atoms with Gasteiger partial charge in [0.15, 0.2) is 0 Å². The number of hydrogen-bond donors (Lipinski definition) is 1. The molecule has 0 saturated carbocycles. The number of carboxylic acid groups (broad SMARTS) is 1. The van der Waals surface area contributed by atoms with Crippen LogP contribution in [0.4, 0.5) is 0 Å². The van der Waals surface area contributed by atoms with Crippen LogP contribution >= 0.6 is 0 Å². The average Bonchev–Trinajstić information content (AvgIpc) is 2.27. The summed E-state index contributed by atoms with van der Waals surface area (Å²) in [7, 11) is 0. The van der Waals surface area contributed by atoms with Gasteiger partial charge in [0.2, 0.25) is 5.88 Å². The smallest absolute Gasteiger partial charge is 0.335 e. The number of aromatic nitrogens is 1. The van der Waals surface area contributed by atoms with E-state index in [-0.39, 0.29) is 5.56 Å². The summed E-state index contributed by atoms with van der Waals surface area (Å²) in [4.78, 5) is 14.7. The number of rotatable bonds is 6. The minimum absolute atomic E-state index is 0.202. The number of nitrogens with zero attached hydrogens (tertiary/aromatic N) is 1. The molecule has 1 aromatic heterocycles. The molecular formula is C12H17NO3. The third-order valence-corrected chi connectivity index (χ3v) is 2.28. The van der Waals surface area contributed by atoms with Gasteiger partial charge in [-0.05, 0) is 18.4 Å². The van der Waals surface area contributed by atoms with Crippen molar-refractivity contribution in [1.82, 2.24) is 4.98 Å². The molecule has 1 aromatic rings. The van der Waals surface area contributed by atoms with Crippen molar-refractivity contribution >= 4 is 5.97 Å². The van der Waals surface area contributed by atoms with Gasteiger partial charge in [0.1, 0.15) is 0 Å². The second-order valence-corrected chi connectivity index (χ2v) is 3.89. The van der Waals surface area contributed by atoms with Gasteiger partial charge in [-0.15, -0.1) is 0 Å². The van der Waals surface area contributed by atoms with E-state index in [9.17, 15) is 4.79 Å². The molecule has 1 N–H and O–H groups in total. The highest BCUT2D eigenvalue weighted by Crippen LogP contribution is 2.12. The van der Waals surface area contributed by atoms with Crippen LogP contribution in [0.25, 0.3) is 0 Å². The van der Waals surface area contributed by atoms with Crippen molar-refractivity contribution in [3.63, 3.8) is 0 Å². The fourth-order valence-electron chi connectivity index (χ4n) is 1.43. The summed E-state index contributed by atoms with van der Waals surface area (Å²) >= 11 is 0. The van der Waals surface area contributed by atoms with Crippen molar-refractivity contribution < 1.29 is 14.6 Å². The Labute approximate surface area is 95.3 Å². The molecule has 0 saturated heterocycles. The van der Waals surface area contributed by atoms with Crippen LogP contribution in [0.1, 0.15) is 37.0 Å². The third-order valence-electron chi connectivity index (χ3n) is 2.28. The molecule has 0 radical (unpaired) electrons. The van der Waals surface area contributed by atoms with Crippen molar-refractivity contribution in [2.24, 2.45) is 5.92 Å². The molecule has 1 atom stereocenters.